The molecule has 2 unspecified atom stereocenters. The van der Waals surface area contributed by atoms with E-state index in [1.54, 1.807) is 18.6 Å². The summed E-state index contributed by atoms with van der Waals surface area (Å²) < 4.78 is 0. The van der Waals surface area contributed by atoms with E-state index in [-0.39, 0.29) is 5.91 Å². The fourth-order valence-electron chi connectivity index (χ4n) is 4.22. The number of aromatic nitrogens is 2. The second-order valence-corrected chi connectivity index (χ2v) is 7.29. The first-order valence-corrected chi connectivity index (χ1v) is 9.32. The summed E-state index contributed by atoms with van der Waals surface area (Å²) in [6.45, 7) is 4.65. The maximum Gasteiger partial charge on any atom is 0.274 e. The third kappa shape index (κ3) is 3.48. The molecule has 26 heavy (non-hydrogen) atoms. The molecule has 2 saturated heterocycles. The highest BCUT2D eigenvalue weighted by molar-refractivity contribution is 5.92. The molecule has 1 aromatic carbocycles. The zero-order chi connectivity index (χ0) is 17.9. The Morgan fingerprint density at radius 2 is 2.08 bits per heavy atom. The lowest BCUT2D eigenvalue weighted by Crippen LogP contribution is -2.46. The van der Waals surface area contributed by atoms with Gasteiger partial charge in [0, 0.05) is 44.0 Å². The molecule has 0 aliphatic carbocycles. The molecule has 1 amide bonds. The summed E-state index contributed by atoms with van der Waals surface area (Å²) in [6.07, 6.45) is 6.72. The van der Waals surface area contributed by atoms with Crippen LogP contribution in [0.2, 0.25) is 0 Å². The lowest BCUT2D eigenvalue weighted by Gasteiger charge is -2.36. The van der Waals surface area contributed by atoms with Crippen LogP contribution in [0.5, 0.6) is 0 Å². The van der Waals surface area contributed by atoms with E-state index in [4.69, 9.17) is 0 Å². The number of benzene rings is 1. The highest BCUT2D eigenvalue weighted by Gasteiger charge is 2.37. The average molecular weight is 351 g/mol. The van der Waals surface area contributed by atoms with E-state index in [9.17, 15) is 4.79 Å². The molecule has 0 radical (unpaired) electrons. The van der Waals surface area contributed by atoms with Gasteiger partial charge in [-0.25, -0.2) is 4.98 Å². The lowest BCUT2D eigenvalue weighted by molar-refractivity contribution is 0.0663. The predicted octanol–water partition coefficient (Wildman–Crippen LogP) is 1.90. The molecule has 2 aromatic rings. The lowest BCUT2D eigenvalue weighted by atomic mass is 9.80. The van der Waals surface area contributed by atoms with Crippen molar-refractivity contribution < 1.29 is 4.79 Å². The molecule has 2 aliphatic heterocycles. The molecular weight excluding hydrogens is 326 g/mol. The summed E-state index contributed by atoms with van der Waals surface area (Å²) in [5.41, 5.74) is 9.97. The van der Waals surface area contributed by atoms with Crippen LogP contribution in [0.3, 0.4) is 0 Å². The first-order valence-electron chi connectivity index (χ1n) is 9.32. The smallest absolute Gasteiger partial charge is 0.274 e. The Labute approximate surface area is 154 Å². The van der Waals surface area contributed by atoms with Gasteiger partial charge >= 0.3 is 0 Å². The minimum atomic E-state index is -0.00992. The zero-order valence-electron chi connectivity index (χ0n) is 15.1. The number of nitrogens with zero attached hydrogens (tertiary/aromatic N) is 3. The van der Waals surface area contributed by atoms with Crippen molar-refractivity contribution in [3.63, 3.8) is 0 Å². The summed E-state index contributed by atoms with van der Waals surface area (Å²) in [4.78, 5) is 22.6. The highest BCUT2D eigenvalue weighted by atomic mass is 16.2. The Morgan fingerprint density at radius 1 is 1.23 bits per heavy atom. The standard InChI is InChI=1S/C20H25N5O/c1-14-3-2-4-16(11-14)17-12-23-24-19(17)15-5-9-25(10-6-15)20(26)18-13-21-7-8-22-18/h2-4,7-8,11,13,15,17,19,23-24H,5-6,9-10,12H2,1H3. The van der Waals surface area contributed by atoms with Gasteiger partial charge in [-0.3, -0.25) is 20.6 Å². The van der Waals surface area contributed by atoms with Crippen molar-refractivity contribution in [3.05, 3.63) is 59.7 Å². The Morgan fingerprint density at radius 3 is 2.81 bits per heavy atom. The predicted molar refractivity (Wildman–Crippen MR) is 99.5 cm³/mol. The fourth-order valence-corrected chi connectivity index (χ4v) is 4.22. The van der Waals surface area contributed by atoms with E-state index < -0.39 is 0 Å². The number of carbonyl (C=O) groups is 1. The topological polar surface area (TPSA) is 70.2 Å². The van der Waals surface area contributed by atoms with Crippen LogP contribution in [0, 0.1) is 12.8 Å². The molecule has 0 saturated carbocycles. The molecule has 0 spiro atoms. The van der Waals surface area contributed by atoms with Gasteiger partial charge in [0.25, 0.3) is 5.91 Å². The average Bonchev–Trinajstić information content (AvgIpc) is 3.18. The van der Waals surface area contributed by atoms with Crippen molar-refractivity contribution in [3.8, 4) is 0 Å². The van der Waals surface area contributed by atoms with Crippen molar-refractivity contribution in [1.82, 2.24) is 25.7 Å². The molecule has 1 aromatic heterocycles. The number of hydrazine groups is 1. The van der Waals surface area contributed by atoms with Crippen molar-refractivity contribution in [2.24, 2.45) is 5.92 Å². The molecule has 6 heteroatoms. The first-order chi connectivity index (χ1) is 12.7. The van der Waals surface area contributed by atoms with Gasteiger partial charge in [-0.15, -0.1) is 0 Å². The molecule has 2 aliphatic rings. The summed E-state index contributed by atoms with van der Waals surface area (Å²) in [6, 6.07) is 9.21. The largest absolute Gasteiger partial charge is 0.337 e. The monoisotopic (exact) mass is 351 g/mol. The number of hydrogen-bond donors (Lipinski definition) is 2. The van der Waals surface area contributed by atoms with Crippen molar-refractivity contribution in [2.45, 2.75) is 31.7 Å². The number of rotatable bonds is 3. The molecule has 0 bridgehead atoms. The maximum atomic E-state index is 12.5. The number of carbonyl (C=O) groups excluding carboxylic acids is 1. The number of amides is 1. The van der Waals surface area contributed by atoms with Gasteiger partial charge in [0.15, 0.2) is 0 Å². The SMILES string of the molecule is Cc1cccc(C2CNNC2C2CCN(C(=O)c3cnccn3)CC2)c1. The third-order valence-corrected chi connectivity index (χ3v) is 5.61. The van der Waals surface area contributed by atoms with E-state index >= 15 is 0 Å². The number of nitrogens with one attached hydrogen (secondary N) is 2. The number of piperidine rings is 1. The van der Waals surface area contributed by atoms with Gasteiger partial charge in [-0.2, -0.15) is 0 Å². The van der Waals surface area contributed by atoms with E-state index in [2.05, 4.69) is 52.0 Å². The first kappa shape index (κ1) is 17.1. The minimum absolute atomic E-state index is 0.00992. The summed E-state index contributed by atoms with van der Waals surface area (Å²) in [5, 5.41) is 0. The summed E-state index contributed by atoms with van der Waals surface area (Å²) >= 11 is 0. The minimum Gasteiger partial charge on any atom is -0.337 e. The number of hydrogen-bond acceptors (Lipinski definition) is 5. The number of likely N-dealkylation sites (tertiary alicyclic amines) is 1. The highest BCUT2D eigenvalue weighted by Crippen LogP contribution is 2.32. The molecule has 136 valence electrons. The quantitative estimate of drug-likeness (QED) is 0.884. The van der Waals surface area contributed by atoms with Gasteiger partial charge in [-0.05, 0) is 31.2 Å². The van der Waals surface area contributed by atoms with Crippen molar-refractivity contribution >= 4 is 5.91 Å². The van der Waals surface area contributed by atoms with Gasteiger partial charge in [-0.1, -0.05) is 29.8 Å². The van der Waals surface area contributed by atoms with Gasteiger partial charge < -0.3 is 4.90 Å². The molecule has 6 nitrogen and oxygen atoms in total. The van der Waals surface area contributed by atoms with Gasteiger partial charge in [0.1, 0.15) is 5.69 Å². The Bertz CT molecular complexity index is 758. The number of aryl methyl sites for hydroxylation is 1. The van der Waals surface area contributed by atoms with E-state index in [1.807, 2.05) is 4.90 Å². The Kier molecular flexibility index (Phi) is 4.95. The maximum absolute atomic E-state index is 12.5. The van der Waals surface area contributed by atoms with Crippen LogP contribution in [0.15, 0.2) is 42.9 Å². The van der Waals surface area contributed by atoms with Crippen LogP contribution >= 0.6 is 0 Å². The van der Waals surface area contributed by atoms with E-state index in [0.29, 0.717) is 23.6 Å². The van der Waals surface area contributed by atoms with Crippen molar-refractivity contribution in [2.75, 3.05) is 19.6 Å². The van der Waals surface area contributed by atoms with Crippen LogP contribution in [0.1, 0.15) is 40.4 Å². The van der Waals surface area contributed by atoms with E-state index in [1.165, 1.54) is 11.1 Å². The fraction of sp³-hybridized carbons (Fsp3) is 0.450. The third-order valence-electron chi connectivity index (χ3n) is 5.61. The molecular formula is C20H25N5O. The van der Waals surface area contributed by atoms with Gasteiger partial charge in [0.05, 0.1) is 6.20 Å². The summed E-state index contributed by atoms with van der Waals surface area (Å²) in [7, 11) is 0. The molecule has 2 atom stereocenters. The Balaban J connectivity index is 1.40. The van der Waals surface area contributed by atoms with Gasteiger partial charge in [0.2, 0.25) is 0 Å². The van der Waals surface area contributed by atoms with Crippen molar-refractivity contribution in [1.29, 1.82) is 0 Å². The molecule has 4 rings (SSSR count). The van der Waals surface area contributed by atoms with E-state index in [0.717, 1.165) is 32.5 Å². The second-order valence-electron chi connectivity index (χ2n) is 7.29. The second kappa shape index (κ2) is 7.51. The zero-order valence-corrected chi connectivity index (χ0v) is 15.1. The summed E-state index contributed by atoms with van der Waals surface area (Å²) in [5.74, 6) is 1.02. The molecule has 2 fully saturated rings. The normalized spacial score (nSPS) is 24.0. The van der Waals surface area contributed by atoms with Crippen LogP contribution in [-0.2, 0) is 0 Å². The Hall–Kier alpha value is -2.31. The van der Waals surface area contributed by atoms with Crippen LogP contribution in [0.25, 0.3) is 0 Å². The molecule has 2 N–H and O–H groups in total. The molecule has 3 heterocycles. The van der Waals surface area contributed by atoms with Crippen LogP contribution in [0.4, 0.5) is 0 Å². The van der Waals surface area contributed by atoms with Crippen LogP contribution in [-0.4, -0.2) is 46.5 Å². The van der Waals surface area contributed by atoms with Crippen LogP contribution < -0.4 is 10.9 Å².